The van der Waals surface area contributed by atoms with E-state index >= 15 is 0 Å². The summed E-state index contributed by atoms with van der Waals surface area (Å²) < 4.78 is 27.0. The highest BCUT2D eigenvalue weighted by Gasteiger charge is 2.12. The molecule has 1 heterocycles. The van der Waals surface area contributed by atoms with E-state index in [1.54, 1.807) is 0 Å². The van der Waals surface area contributed by atoms with Gasteiger partial charge in [0.1, 0.15) is 16.6 Å². The Hall–Kier alpha value is -2.11. The Kier molecular flexibility index (Phi) is 3.77. The van der Waals surface area contributed by atoms with Crippen molar-refractivity contribution in [1.82, 2.24) is 4.98 Å². The van der Waals surface area contributed by atoms with Gasteiger partial charge in [-0.25, -0.2) is 13.8 Å². The molecule has 0 unspecified atom stereocenters. The van der Waals surface area contributed by atoms with Gasteiger partial charge in [-0.15, -0.1) is 11.3 Å². The van der Waals surface area contributed by atoms with E-state index in [1.165, 1.54) is 11.3 Å². The van der Waals surface area contributed by atoms with Crippen LogP contribution in [-0.2, 0) is 6.54 Å². The topological polar surface area (TPSA) is 38.9 Å². The third kappa shape index (κ3) is 2.84. The molecule has 0 atom stereocenters. The monoisotopic (exact) mass is 302 g/mol. The molecule has 0 aliphatic heterocycles. The van der Waals surface area contributed by atoms with Crippen molar-refractivity contribution in [3.05, 3.63) is 65.0 Å². The lowest BCUT2D eigenvalue weighted by molar-refractivity contribution is 0.603. The molecule has 0 radical (unpaired) electrons. The Labute approximate surface area is 124 Å². The van der Waals surface area contributed by atoms with Crippen molar-refractivity contribution < 1.29 is 8.78 Å². The van der Waals surface area contributed by atoms with Crippen LogP contribution in [0.4, 0.5) is 8.78 Å². The lowest BCUT2D eigenvalue weighted by Gasteiger charge is -2.01. The first-order valence-corrected chi connectivity index (χ1v) is 7.25. The van der Waals surface area contributed by atoms with Crippen LogP contribution < -0.4 is 5.73 Å². The summed E-state index contributed by atoms with van der Waals surface area (Å²) in [5.41, 5.74) is 8.45. The lowest BCUT2D eigenvalue weighted by atomic mass is 10.1. The van der Waals surface area contributed by atoms with Gasteiger partial charge >= 0.3 is 0 Å². The van der Waals surface area contributed by atoms with Gasteiger partial charge in [-0.2, -0.15) is 0 Å². The highest BCUT2D eigenvalue weighted by molar-refractivity contribution is 7.13. The summed E-state index contributed by atoms with van der Waals surface area (Å²) >= 11 is 1.28. The molecule has 21 heavy (non-hydrogen) atoms. The van der Waals surface area contributed by atoms with Gasteiger partial charge in [-0.05, 0) is 29.8 Å². The number of nitrogens with two attached hydrogens (primary N) is 1. The van der Waals surface area contributed by atoms with E-state index in [2.05, 4.69) is 4.98 Å². The summed E-state index contributed by atoms with van der Waals surface area (Å²) in [4.78, 5) is 4.40. The van der Waals surface area contributed by atoms with Crippen LogP contribution in [0.3, 0.4) is 0 Å². The fourth-order valence-electron chi connectivity index (χ4n) is 2.05. The van der Waals surface area contributed by atoms with E-state index in [-0.39, 0.29) is 5.56 Å². The molecule has 2 N–H and O–H groups in total. The van der Waals surface area contributed by atoms with Crippen molar-refractivity contribution in [2.24, 2.45) is 5.73 Å². The number of hydrogen-bond acceptors (Lipinski definition) is 3. The molecule has 0 saturated heterocycles. The van der Waals surface area contributed by atoms with Gasteiger partial charge in [0.25, 0.3) is 0 Å². The molecular formula is C16H12F2N2S. The summed E-state index contributed by atoms with van der Waals surface area (Å²) in [6, 6.07) is 11.1. The first kappa shape index (κ1) is 13.9. The second kappa shape index (κ2) is 5.71. The SMILES string of the molecule is NCc1cccc(-c2csc(-c3cc(F)ccc3F)n2)c1. The van der Waals surface area contributed by atoms with Crippen molar-refractivity contribution >= 4 is 11.3 Å². The van der Waals surface area contributed by atoms with Gasteiger partial charge < -0.3 is 5.73 Å². The van der Waals surface area contributed by atoms with E-state index in [4.69, 9.17) is 5.73 Å². The van der Waals surface area contributed by atoms with Gasteiger partial charge in [0, 0.05) is 23.1 Å². The standard InChI is InChI=1S/C16H12F2N2S/c17-12-4-5-14(18)13(7-12)16-20-15(9-21-16)11-3-1-2-10(6-11)8-19/h1-7,9H,8,19H2. The van der Waals surface area contributed by atoms with Crippen molar-refractivity contribution in [2.45, 2.75) is 6.54 Å². The minimum absolute atomic E-state index is 0.182. The van der Waals surface area contributed by atoms with Crippen molar-refractivity contribution in [2.75, 3.05) is 0 Å². The number of benzene rings is 2. The smallest absolute Gasteiger partial charge is 0.133 e. The van der Waals surface area contributed by atoms with Crippen molar-refractivity contribution in [3.63, 3.8) is 0 Å². The van der Waals surface area contributed by atoms with Gasteiger partial charge in [0.05, 0.1) is 5.69 Å². The van der Waals surface area contributed by atoms with Crippen LogP contribution in [0.1, 0.15) is 5.56 Å². The van der Waals surface area contributed by atoms with E-state index in [9.17, 15) is 8.78 Å². The maximum absolute atomic E-state index is 13.8. The molecule has 106 valence electrons. The fourth-order valence-corrected chi connectivity index (χ4v) is 2.90. The summed E-state index contributed by atoms with van der Waals surface area (Å²) in [7, 11) is 0. The van der Waals surface area contributed by atoms with Crippen LogP contribution in [-0.4, -0.2) is 4.98 Å². The second-order valence-electron chi connectivity index (χ2n) is 4.57. The molecule has 3 aromatic rings. The van der Waals surface area contributed by atoms with Gasteiger partial charge in [0.2, 0.25) is 0 Å². The molecule has 0 fully saturated rings. The zero-order valence-electron chi connectivity index (χ0n) is 11.0. The molecule has 0 aliphatic carbocycles. The number of halogens is 2. The summed E-state index contributed by atoms with van der Waals surface area (Å²) in [6.07, 6.45) is 0. The largest absolute Gasteiger partial charge is 0.326 e. The zero-order valence-corrected chi connectivity index (χ0v) is 11.8. The van der Waals surface area contributed by atoms with Gasteiger partial charge in [-0.1, -0.05) is 18.2 Å². The van der Waals surface area contributed by atoms with E-state index in [1.807, 2.05) is 29.6 Å². The third-order valence-electron chi connectivity index (χ3n) is 3.12. The van der Waals surface area contributed by atoms with Crippen LogP contribution in [0.15, 0.2) is 47.8 Å². The number of hydrogen-bond donors (Lipinski definition) is 1. The average Bonchev–Trinajstić information content (AvgIpc) is 2.99. The quantitative estimate of drug-likeness (QED) is 0.787. The Morgan fingerprint density at radius 3 is 2.76 bits per heavy atom. The third-order valence-corrected chi connectivity index (χ3v) is 4.00. The molecule has 0 saturated carbocycles. The molecule has 3 rings (SSSR count). The van der Waals surface area contributed by atoms with Crippen LogP contribution in [0, 0.1) is 11.6 Å². The van der Waals surface area contributed by atoms with Crippen molar-refractivity contribution in [1.29, 1.82) is 0 Å². The van der Waals surface area contributed by atoms with Crippen LogP contribution in [0.5, 0.6) is 0 Å². The Morgan fingerprint density at radius 2 is 1.95 bits per heavy atom. The summed E-state index contributed by atoms with van der Waals surface area (Å²) in [5.74, 6) is -0.957. The van der Waals surface area contributed by atoms with E-state index in [0.29, 0.717) is 11.6 Å². The number of rotatable bonds is 3. The maximum Gasteiger partial charge on any atom is 0.133 e. The molecule has 0 bridgehead atoms. The highest BCUT2D eigenvalue weighted by atomic mass is 32.1. The molecule has 2 aromatic carbocycles. The molecule has 0 spiro atoms. The predicted octanol–water partition coefficient (Wildman–Crippen LogP) is 4.21. The molecule has 2 nitrogen and oxygen atoms in total. The maximum atomic E-state index is 13.8. The molecule has 1 aromatic heterocycles. The minimum atomic E-state index is -0.479. The first-order chi connectivity index (χ1) is 10.2. The Balaban J connectivity index is 2.01. The van der Waals surface area contributed by atoms with Gasteiger partial charge in [0.15, 0.2) is 0 Å². The summed E-state index contributed by atoms with van der Waals surface area (Å²) in [5, 5.41) is 2.29. The Morgan fingerprint density at radius 1 is 1.10 bits per heavy atom. The average molecular weight is 302 g/mol. The highest BCUT2D eigenvalue weighted by Crippen LogP contribution is 2.31. The van der Waals surface area contributed by atoms with Crippen LogP contribution in [0.25, 0.3) is 21.8 Å². The fraction of sp³-hybridized carbons (Fsp3) is 0.0625. The molecule has 0 aliphatic rings. The number of nitrogens with zero attached hydrogens (tertiary/aromatic N) is 1. The second-order valence-corrected chi connectivity index (χ2v) is 5.42. The first-order valence-electron chi connectivity index (χ1n) is 6.37. The Bertz CT molecular complexity index is 783. The molecule has 5 heteroatoms. The van der Waals surface area contributed by atoms with E-state index in [0.717, 1.165) is 35.0 Å². The van der Waals surface area contributed by atoms with Crippen LogP contribution in [0.2, 0.25) is 0 Å². The summed E-state index contributed by atoms with van der Waals surface area (Å²) in [6.45, 7) is 0.448. The normalized spacial score (nSPS) is 10.8. The van der Waals surface area contributed by atoms with E-state index < -0.39 is 11.6 Å². The molecular weight excluding hydrogens is 290 g/mol. The number of aromatic nitrogens is 1. The zero-order chi connectivity index (χ0) is 14.8. The minimum Gasteiger partial charge on any atom is -0.326 e. The number of thiazole rings is 1. The van der Waals surface area contributed by atoms with Crippen LogP contribution >= 0.6 is 11.3 Å². The lowest BCUT2D eigenvalue weighted by Crippen LogP contribution is -1.95. The predicted molar refractivity (Wildman–Crippen MR) is 80.8 cm³/mol. The molecule has 0 amide bonds. The van der Waals surface area contributed by atoms with Gasteiger partial charge in [-0.3, -0.25) is 0 Å². The van der Waals surface area contributed by atoms with Crippen molar-refractivity contribution in [3.8, 4) is 21.8 Å².